The van der Waals surface area contributed by atoms with Crippen LogP contribution < -0.4 is 0 Å². The van der Waals surface area contributed by atoms with Crippen molar-refractivity contribution in [3.63, 3.8) is 0 Å². The molecule has 0 aromatic rings. The Kier molecular flexibility index (Phi) is 40.5. The number of rotatable bonds is 40. The molecule has 0 radical (unpaired) electrons. The topological polar surface area (TPSA) is 78.9 Å². The van der Waals surface area contributed by atoms with Gasteiger partial charge in [-0.1, -0.05) is 179 Å². The summed E-state index contributed by atoms with van der Waals surface area (Å²) in [5, 5.41) is 0. The minimum Gasteiger partial charge on any atom is -0.462 e. The van der Waals surface area contributed by atoms with Crippen molar-refractivity contribution in [3.8, 4) is 0 Å². The molecule has 0 amide bonds. The number of allylic oxidation sites excluding steroid dienone is 6. The predicted octanol–water partition coefficient (Wildman–Crippen LogP) is 14.2. The van der Waals surface area contributed by atoms with Crippen LogP contribution in [0.4, 0.5) is 0 Å². The highest BCUT2D eigenvalue weighted by atomic mass is 16.6. The van der Waals surface area contributed by atoms with Crippen molar-refractivity contribution in [3.05, 3.63) is 36.5 Å². The number of ether oxygens (including phenoxy) is 3. The Bertz CT molecular complexity index is 907. The van der Waals surface area contributed by atoms with Crippen LogP contribution in [-0.2, 0) is 28.6 Å². The minimum atomic E-state index is -0.787. The summed E-state index contributed by atoms with van der Waals surface area (Å²) in [5.41, 5.74) is 0. The lowest BCUT2D eigenvalue weighted by atomic mass is 10.1. The molecule has 6 nitrogen and oxygen atoms in total. The Balaban J connectivity index is 4.38. The quantitative estimate of drug-likeness (QED) is 0.0204. The van der Waals surface area contributed by atoms with E-state index in [1.165, 1.54) is 116 Å². The van der Waals surface area contributed by atoms with Crippen LogP contribution in [0, 0.1) is 0 Å². The van der Waals surface area contributed by atoms with Crippen LogP contribution in [0.25, 0.3) is 0 Å². The fraction of sp³-hybridized carbons (Fsp3) is 0.809. The third kappa shape index (κ3) is 40.6. The lowest BCUT2D eigenvalue weighted by Crippen LogP contribution is -2.30. The largest absolute Gasteiger partial charge is 0.462 e. The first-order valence-electron chi connectivity index (χ1n) is 22.5. The molecule has 0 saturated heterocycles. The van der Waals surface area contributed by atoms with Crippen molar-refractivity contribution < 1.29 is 28.6 Å². The van der Waals surface area contributed by atoms with E-state index in [2.05, 4.69) is 57.2 Å². The van der Waals surface area contributed by atoms with Crippen LogP contribution in [0.3, 0.4) is 0 Å². The standard InChI is InChI=1S/C47H84O6/c1-4-7-10-13-16-19-21-22-23-24-25-26-29-31-34-37-40-46(49)52-43-44(42-51-45(48)39-36-33-30-27-18-15-12-9-6-3)53-47(50)41-38-35-32-28-20-17-14-11-8-5-2/h23-27,30,44H,4-22,28-29,31-43H2,1-3H3/b24-23-,26-25-,30-27-. The van der Waals surface area contributed by atoms with Crippen LogP contribution in [0.1, 0.15) is 226 Å². The van der Waals surface area contributed by atoms with Gasteiger partial charge in [0.15, 0.2) is 6.10 Å². The molecule has 0 aromatic heterocycles. The molecule has 6 heteroatoms. The lowest BCUT2D eigenvalue weighted by Gasteiger charge is -2.18. The van der Waals surface area contributed by atoms with E-state index >= 15 is 0 Å². The van der Waals surface area contributed by atoms with E-state index in [4.69, 9.17) is 14.2 Å². The van der Waals surface area contributed by atoms with Gasteiger partial charge < -0.3 is 14.2 Å². The first kappa shape index (κ1) is 50.6. The van der Waals surface area contributed by atoms with Crippen molar-refractivity contribution in [2.24, 2.45) is 0 Å². The van der Waals surface area contributed by atoms with Gasteiger partial charge >= 0.3 is 17.9 Å². The summed E-state index contributed by atoms with van der Waals surface area (Å²) in [6, 6.07) is 0. The zero-order valence-corrected chi connectivity index (χ0v) is 35.0. The van der Waals surface area contributed by atoms with E-state index in [0.29, 0.717) is 25.7 Å². The van der Waals surface area contributed by atoms with E-state index in [1.54, 1.807) is 0 Å². The Labute approximate surface area is 327 Å². The van der Waals surface area contributed by atoms with Crippen molar-refractivity contribution >= 4 is 17.9 Å². The molecule has 0 rings (SSSR count). The molecule has 0 aromatic carbocycles. The fourth-order valence-electron chi connectivity index (χ4n) is 6.20. The molecule has 0 aliphatic heterocycles. The van der Waals surface area contributed by atoms with Gasteiger partial charge in [-0.15, -0.1) is 0 Å². The molecular formula is C47H84O6. The van der Waals surface area contributed by atoms with Crippen molar-refractivity contribution in [1.82, 2.24) is 0 Å². The van der Waals surface area contributed by atoms with Crippen LogP contribution >= 0.6 is 0 Å². The van der Waals surface area contributed by atoms with Gasteiger partial charge in [-0.05, 0) is 64.2 Å². The second-order valence-corrected chi connectivity index (χ2v) is 15.0. The SMILES string of the molecule is CCCCCC/C=C\CCCC(=O)OCC(COC(=O)CCCCC/C=C\C=C/CCCCCCCCC)OC(=O)CCCCCCCCCCCC. The molecule has 1 unspecified atom stereocenters. The Hall–Kier alpha value is -2.37. The Morgan fingerprint density at radius 2 is 0.698 bits per heavy atom. The van der Waals surface area contributed by atoms with E-state index < -0.39 is 6.10 Å². The summed E-state index contributed by atoms with van der Waals surface area (Å²) in [6.07, 6.45) is 47.1. The van der Waals surface area contributed by atoms with E-state index in [9.17, 15) is 14.4 Å². The molecule has 1 atom stereocenters. The van der Waals surface area contributed by atoms with Gasteiger partial charge in [-0.25, -0.2) is 0 Å². The molecular weight excluding hydrogens is 661 g/mol. The summed E-state index contributed by atoms with van der Waals surface area (Å²) in [4.78, 5) is 37.6. The van der Waals surface area contributed by atoms with Gasteiger partial charge in [0.1, 0.15) is 13.2 Å². The van der Waals surface area contributed by atoms with Crippen LogP contribution in [-0.4, -0.2) is 37.2 Å². The van der Waals surface area contributed by atoms with E-state index in [1.807, 2.05) is 0 Å². The maximum atomic E-state index is 12.7. The number of esters is 3. The Morgan fingerprint density at radius 3 is 1.17 bits per heavy atom. The molecule has 0 N–H and O–H groups in total. The van der Waals surface area contributed by atoms with Gasteiger partial charge in [0.2, 0.25) is 0 Å². The maximum Gasteiger partial charge on any atom is 0.306 e. The van der Waals surface area contributed by atoms with Gasteiger partial charge in [0.25, 0.3) is 0 Å². The smallest absolute Gasteiger partial charge is 0.306 e. The highest BCUT2D eigenvalue weighted by molar-refractivity contribution is 5.71. The summed E-state index contributed by atoms with van der Waals surface area (Å²) in [5.74, 6) is -0.954. The van der Waals surface area contributed by atoms with Gasteiger partial charge in [0.05, 0.1) is 0 Å². The molecule has 0 saturated carbocycles. The number of carbonyl (C=O) groups excluding carboxylic acids is 3. The lowest BCUT2D eigenvalue weighted by molar-refractivity contribution is -0.167. The molecule has 0 spiro atoms. The van der Waals surface area contributed by atoms with Crippen molar-refractivity contribution in [1.29, 1.82) is 0 Å². The highest BCUT2D eigenvalue weighted by Crippen LogP contribution is 2.13. The highest BCUT2D eigenvalue weighted by Gasteiger charge is 2.19. The van der Waals surface area contributed by atoms with Crippen LogP contribution in [0.5, 0.6) is 0 Å². The van der Waals surface area contributed by atoms with E-state index in [-0.39, 0.29) is 31.1 Å². The van der Waals surface area contributed by atoms with E-state index in [0.717, 1.165) is 64.2 Å². The summed E-state index contributed by atoms with van der Waals surface area (Å²) in [7, 11) is 0. The van der Waals surface area contributed by atoms with Gasteiger partial charge in [0, 0.05) is 19.3 Å². The number of unbranched alkanes of at least 4 members (excludes halogenated alkanes) is 24. The number of hydrogen-bond acceptors (Lipinski definition) is 6. The monoisotopic (exact) mass is 745 g/mol. The minimum absolute atomic E-state index is 0.0927. The number of hydrogen-bond donors (Lipinski definition) is 0. The fourth-order valence-corrected chi connectivity index (χ4v) is 6.20. The third-order valence-electron chi connectivity index (χ3n) is 9.65. The molecule has 308 valence electrons. The normalized spacial score (nSPS) is 12.3. The average molecular weight is 745 g/mol. The predicted molar refractivity (Wildman–Crippen MR) is 224 cm³/mol. The van der Waals surface area contributed by atoms with Gasteiger partial charge in [-0.2, -0.15) is 0 Å². The average Bonchev–Trinajstić information content (AvgIpc) is 3.15. The molecule has 0 fully saturated rings. The van der Waals surface area contributed by atoms with Crippen LogP contribution in [0.15, 0.2) is 36.5 Å². The summed E-state index contributed by atoms with van der Waals surface area (Å²) < 4.78 is 16.6. The molecule has 0 bridgehead atoms. The first-order chi connectivity index (χ1) is 26.0. The van der Waals surface area contributed by atoms with Crippen LogP contribution in [0.2, 0.25) is 0 Å². The maximum absolute atomic E-state index is 12.7. The summed E-state index contributed by atoms with van der Waals surface area (Å²) in [6.45, 7) is 6.53. The second kappa shape index (κ2) is 42.4. The van der Waals surface area contributed by atoms with Crippen molar-refractivity contribution in [2.45, 2.75) is 232 Å². The second-order valence-electron chi connectivity index (χ2n) is 15.0. The molecule has 0 aliphatic rings. The third-order valence-corrected chi connectivity index (χ3v) is 9.65. The van der Waals surface area contributed by atoms with Gasteiger partial charge in [-0.3, -0.25) is 14.4 Å². The molecule has 0 heterocycles. The van der Waals surface area contributed by atoms with Crippen molar-refractivity contribution in [2.75, 3.05) is 13.2 Å². The zero-order chi connectivity index (χ0) is 38.7. The first-order valence-corrected chi connectivity index (χ1v) is 22.5. The molecule has 0 aliphatic carbocycles. The molecule has 53 heavy (non-hydrogen) atoms. The summed E-state index contributed by atoms with van der Waals surface area (Å²) >= 11 is 0. The Morgan fingerprint density at radius 1 is 0.377 bits per heavy atom. The zero-order valence-electron chi connectivity index (χ0n) is 35.0. The number of carbonyl (C=O) groups is 3.